The Morgan fingerprint density at radius 2 is 1.96 bits per heavy atom. The van der Waals surface area contributed by atoms with E-state index in [1.807, 2.05) is 31.2 Å². The van der Waals surface area contributed by atoms with Crippen molar-refractivity contribution in [3.8, 4) is 0 Å². The molecule has 6 nitrogen and oxygen atoms in total. The van der Waals surface area contributed by atoms with Crippen LogP contribution < -0.4 is 4.90 Å². The van der Waals surface area contributed by atoms with Crippen molar-refractivity contribution in [1.29, 1.82) is 0 Å². The maximum Gasteiger partial charge on any atom is 0.415 e. The molecule has 2 fully saturated rings. The van der Waals surface area contributed by atoms with Crippen molar-refractivity contribution in [2.75, 3.05) is 29.6 Å². The van der Waals surface area contributed by atoms with Gasteiger partial charge in [0.05, 0.1) is 13.2 Å². The average molecular weight is 379 g/mol. The first-order valence-electron chi connectivity index (χ1n) is 9.18. The van der Waals surface area contributed by atoms with Gasteiger partial charge in [-0.1, -0.05) is 25.5 Å². The number of hydrogen-bond acceptors (Lipinski definition) is 5. The number of esters is 1. The van der Waals surface area contributed by atoms with Crippen LogP contribution in [0, 0.1) is 0 Å². The highest BCUT2D eigenvalue weighted by atomic mass is 32.2. The Kier molecular flexibility index (Phi) is 6.29. The Morgan fingerprint density at radius 1 is 1.27 bits per heavy atom. The highest BCUT2D eigenvalue weighted by molar-refractivity contribution is 7.85. The van der Waals surface area contributed by atoms with E-state index < -0.39 is 29.0 Å². The summed E-state index contributed by atoms with van der Waals surface area (Å²) in [6, 6.07) is 7.78. The molecule has 0 spiro atoms. The molecule has 1 aromatic rings. The summed E-state index contributed by atoms with van der Waals surface area (Å²) in [4.78, 5) is 25.5. The fourth-order valence-electron chi connectivity index (χ4n) is 3.26. The molecule has 1 amide bonds. The SMILES string of the molecule is CCCCOC(=O)[C@H]1CN(c2ccc(C3CCS(=O)CC3)cc2)C(=O)O1. The number of anilines is 1. The van der Waals surface area contributed by atoms with Gasteiger partial charge in [0, 0.05) is 28.0 Å². The summed E-state index contributed by atoms with van der Waals surface area (Å²) >= 11 is 0. The zero-order valence-electron chi connectivity index (χ0n) is 15.0. The Hall–Kier alpha value is -1.89. The fraction of sp³-hybridized carbons (Fsp3) is 0.579. The van der Waals surface area contributed by atoms with Crippen molar-refractivity contribution < 1.29 is 23.3 Å². The van der Waals surface area contributed by atoms with Crippen LogP contribution in [0.4, 0.5) is 10.5 Å². The number of carbonyl (C=O) groups is 2. The standard InChI is InChI=1S/C19H25NO5S/c1-2-3-10-24-18(21)17-13-20(19(22)25-17)16-6-4-14(5-7-16)15-8-11-26(23)12-9-15/h4-7,15,17H,2-3,8-13H2,1H3/t15?,17-,26?/m1/s1. The second-order valence-corrected chi connectivity index (χ2v) is 8.41. The van der Waals surface area contributed by atoms with Crippen LogP contribution in [0.25, 0.3) is 0 Å². The Labute approximate surface area is 156 Å². The van der Waals surface area contributed by atoms with Gasteiger partial charge in [0.2, 0.25) is 6.10 Å². The molecule has 1 aromatic carbocycles. The second-order valence-electron chi connectivity index (χ2n) is 6.72. The minimum absolute atomic E-state index is 0.172. The van der Waals surface area contributed by atoms with Crippen molar-refractivity contribution in [1.82, 2.24) is 0 Å². The molecule has 0 aromatic heterocycles. The van der Waals surface area contributed by atoms with E-state index in [9.17, 15) is 13.8 Å². The molecular formula is C19H25NO5S. The lowest BCUT2D eigenvalue weighted by Crippen LogP contribution is -2.29. The van der Waals surface area contributed by atoms with Crippen molar-refractivity contribution in [3.05, 3.63) is 29.8 Å². The van der Waals surface area contributed by atoms with Crippen molar-refractivity contribution in [2.45, 2.75) is 44.6 Å². The molecule has 0 N–H and O–H groups in total. The van der Waals surface area contributed by atoms with Gasteiger partial charge in [-0.3, -0.25) is 9.11 Å². The number of amides is 1. The molecular weight excluding hydrogens is 354 g/mol. The molecule has 0 unspecified atom stereocenters. The van der Waals surface area contributed by atoms with Gasteiger partial charge in [-0.2, -0.15) is 0 Å². The number of nitrogens with zero attached hydrogens (tertiary/aromatic N) is 1. The lowest BCUT2D eigenvalue weighted by Gasteiger charge is -2.22. The smallest absolute Gasteiger partial charge is 0.415 e. The molecule has 7 heteroatoms. The van der Waals surface area contributed by atoms with Crippen molar-refractivity contribution in [3.63, 3.8) is 0 Å². The van der Waals surface area contributed by atoms with Gasteiger partial charge in [0.15, 0.2) is 0 Å². The van der Waals surface area contributed by atoms with E-state index in [1.54, 1.807) is 0 Å². The number of hydrogen-bond donors (Lipinski definition) is 0. The van der Waals surface area contributed by atoms with Crippen LogP contribution in [0.3, 0.4) is 0 Å². The average Bonchev–Trinajstić information content (AvgIpc) is 3.04. The van der Waals surface area contributed by atoms with E-state index in [4.69, 9.17) is 9.47 Å². The molecule has 0 radical (unpaired) electrons. The highest BCUT2D eigenvalue weighted by Crippen LogP contribution is 2.30. The third-order valence-electron chi connectivity index (χ3n) is 4.88. The molecule has 26 heavy (non-hydrogen) atoms. The molecule has 2 aliphatic heterocycles. The maximum atomic E-state index is 12.1. The third-order valence-corrected chi connectivity index (χ3v) is 6.26. The van der Waals surface area contributed by atoms with E-state index in [2.05, 4.69) is 0 Å². The first kappa shape index (κ1) is 18.9. The summed E-state index contributed by atoms with van der Waals surface area (Å²) in [6.07, 6.45) is 2.21. The summed E-state index contributed by atoms with van der Waals surface area (Å²) in [5.74, 6) is 1.45. The lowest BCUT2D eigenvalue weighted by molar-refractivity contribution is -0.151. The first-order chi connectivity index (χ1) is 12.6. The molecule has 0 saturated carbocycles. The van der Waals surface area contributed by atoms with E-state index in [-0.39, 0.29) is 6.54 Å². The number of unbranched alkanes of at least 4 members (excludes halogenated alkanes) is 1. The van der Waals surface area contributed by atoms with Gasteiger partial charge in [-0.25, -0.2) is 9.59 Å². The fourth-order valence-corrected chi connectivity index (χ4v) is 4.56. The zero-order valence-corrected chi connectivity index (χ0v) is 15.8. The summed E-state index contributed by atoms with van der Waals surface area (Å²) in [7, 11) is -0.671. The monoisotopic (exact) mass is 379 g/mol. The highest BCUT2D eigenvalue weighted by Gasteiger charge is 2.38. The Balaban J connectivity index is 1.59. The molecule has 142 valence electrons. The largest absolute Gasteiger partial charge is 0.463 e. The maximum absolute atomic E-state index is 12.1. The topological polar surface area (TPSA) is 72.9 Å². The van der Waals surface area contributed by atoms with Crippen molar-refractivity contribution in [2.24, 2.45) is 0 Å². The first-order valence-corrected chi connectivity index (χ1v) is 10.7. The molecule has 0 bridgehead atoms. The second kappa shape index (κ2) is 8.66. The van der Waals surface area contributed by atoms with E-state index >= 15 is 0 Å². The van der Waals surface area contributed by atoms with E-state index in [1.165, 1.54) is 10.5 Å². The van der Waals surface area contributed by atoms with Crippen LogP contribution in [-0.2, 0) is 25.1 Å². The Bertz CT molecular complexity index is 665. The van der Waals surface area contributed by atoms with Gasteiger partial charge in [0.25, 0.3) is 0 Å². The van der Waals surface area contributed by atoms with Gasteiger partial charge in [-0.15, -0.1) is 0 Å². The Morgan fingerprint density at radius 3 is 2.62 bits per heavy atom. The van der Waals surface area contributed by atoms with E-state index in [0.29, 0.717) is 18.2 Å². The lowest BCUT2D eigenvalue weighted by atomic mass is 9.93. The molecule has 2 heterocycles. The van der Waals surface area contributed by atoms with Gasteiger partial charge < -0.3 is 9.47 Å². The molecule has 2 aliphatic rings. The molecule has 3 rings (SSSR count). The predicted octanol–water partition coefficient (Wildman–Crippen LogP) is 2.98. The molecule has 2 saturated heterocycles. The minimum Gasteiger partial charge on any atom is -0.463 e. The predicted molar refractivity (Wildman–Crippen MR) is 99.8 cm³/mol. The minimum atomic E-state index is -0.868. The van der Waals surface area contributed by atoms with Gasteiger partial charge in [-0.05, 0) is 42.9 Å². The quantitative estimate of drug-likeness (QED) is 0.561. The number of rotatable bonds is 6. The normalized spacial score (nSPS) is 25.8. The third kappa shape index (κ3) is 4.44. The van der Waals surface area contributed by atoms with Crippen LogP contribution in [0.2, 0.25) is 0 Å². The van der Waals surface area contributed by atoms with Gasteiger partial charge >= 0.3 is 12.1 Å². The summed E-state index contributed by atoms with van der Waals surface area (Å²) in [5, 5.41) is 0. The van der Waals surface area contributed by atoms with Crippen LogP contribution in [-0.4, -0.2) is 47.0 Å². The van der Waals surface area contributed by atoms with Crippen LogP contribution in [0.15, 0.2) is 24.3 Å². The van der Waals surface area contributed by atoms with Gasteiger partial charge in [0.1, 0.15) is 0 Å². The molecule has 0 aliphatic carbocycles. The zero-order chi connectivity index (χ0) is 18.5. The van der Waals surface area contributed by atoms with Crippen LogP contribution >= 0.6 is 0 Å². The number of carbonyl (C=O) groups excluding carboxylic acids is 2. The summed E-state index contributed by atoms with van der Waals surface area (Å²) < 4.78 is 21.8. The molecule has 1 atom stereocenters. The van der Waals surface area contributed by atoms with E-state index in [0.717, 1.165) is 37.2 Å². The van der Waals surface area contributed by atoms with Crippen LogP contribution in [0.1, 0.15) is 44.1 Å². The summed E-state index contributed by atoms with van der Waals surface area (Å²) in [5.41, 5.74) is 1.91. The number of cyclic esters (lactones) is 1. The van der Waals surface area contributed by atoms with Crippen molar-refractivity contribution >= 4 is 28.5 Å². The van der Waals surface area contributed by atoms with Crippen LogP contribution in [0.5, 0.6) is 0 Å². The summed E-state index contributed by atoms with van der Waals surface area (Å²) in [6.45, 7) is 2.54. The number of ether oxygens (including phenoxy) is 2. The number of benzene rings is 1.